The maximum atomic E-state index is 4.77. The highest BCUT2D eigenvalue weighted by Crippen LogP contribution is 2.27. The number of imidazole rings is 1. The molecule has 19 heavy (non-hydrogen) atoms. The van der Waals surface area contributed by atoms with E-state index in [0.717, 1.165) is 23.6 Å². The molecule has 2 aromatic rings. The molecule has 0 amide bonds. The van der Waals surface area contributed by atoms with E-state index in [9.17, 15) is 0 Å². The van der Waals surface area contributed by atoms with Crippen LogP contribution in [0, 0.1) is 5.92 Å². The summed E-state index contributed by atoms with van der Waals surface area (Å²) in [6, 6.07) is 4.04. The van der Waals surface area contributed by atoms with Crippen LogP contribution in [-0.2, 0) is 6.54 Å². The zero-order valence-corrected chi connectivity index (χ0v) is 12.5. The largest absolute Gasteiger partial charge is 0.312 e. The fraction of sp³-hybridized carbons (Fsp3) is 0.600. The molecular weight excluding hydrogens is 254 g/mol. The van der Waals surface area contributed by atoms with Gasteiger partial charge in [-0.15, -0.1) is 0 Å². The number of hydrogen-bond donors (Lipinski definition) is 0. The Morgan fingerprint density at radius 1 is 1.37 bits per heavy atom. The molecule has 3 rings (SSSR count). The van der Waals surface area contributed by atoms with Crippen LogP contribution in [0.1, 0.15) is 38.4 Å². The van der Waals surface area contributed by atoms with Crippen LogP contribution in [-0.4, -0.2) is 26.0 Å². The van der Waals surface area contributed by atoms with E-state index >= 15 is 0 Å². The van der Waals surface area contributed by atoms with Crippen LogP contribution in [0.4, 0.5) is 0 Å². The van der Waals surface area contributed by atoms with E-state index < -0.39 is 0 Å². The fourth-order valence-corrected chi connectivity index (χ4v) is 3.99. The third kappa shape index (κ3) is 2.64. The smallest absolute Gasteiger partial charge is 0.159 e. The van der Waals surface area contributed by atoms with E-state index in [0.29, 0.717) is 5.92 Å². The molecular formula is C15H21N3S. The molecule has 0 bridgehead atoms. The number of aromatic nitrogens is 3. The second-order valence-corrected chi connectivity index (χ2v) is 6.86. The summed E-state index contributed by atoms with van der Waals surface area (Å²) in [7, 11) is 0. The second kappa shape index (κ2) is 5.53. The van der Waals surface area contributed by atoms with Gasteiger partial charge in [-0.25, -0.2) is 9.97 Å². The molecule has 4 heteroatoms. The Morgan fingerprint density at radius 2 is 2.16 bits per heavy atom. The normalized spacial score (nSPS) is 17.4. The number of hydrogen-bond acceptors (Lipinski definition) is 3. The molecule has 0 spiro atoms. The minimum Gasteiger partial charge on any atom is -0.312 e. The molecule has 1 fully saturated rings. The molecule has 1 aliphatic rings. The Balaban J connectivity index is 1.97. The number of pyridine rings is 1. The number of thioether (sulfide) groups is 1. The SMILES string of the molecule is CC(C)c1nc2cccnc2n1CC1CCSCC1. The topological polar surface area (TPSA) is 30.7 Å². The van der Waals surface area contributed by atoms with Crippen molar-refractivity contribution >= 4 is 22.9 Å². The predicted molar refractivity (Wildman–Crippen MR) is 81.7 cm³/mol. The average Bonchev–Trinajstić information content (AvgIpc) is 2.79. The molecule has 2 aromatic heterocycles. The Kier molecular flexibility index (Phi) is 3.78. The second-order valence-electron chi connectivity index (χ2n) is 5.64. The van der Waals surface area contributed by atoms with Crippen LogP contribution >= 0.6 is 11.8 Å². The fourth-order valence-electron chi connectivity index (χ4n) is 2.78. The van der Waals surface area contributed by atoms with Crippen molar-refractivity contribution in [3.8, 4) is 0 Å². The lowest BCUT2D eigenvalue weighted by molar-refractivity contribution is 0.410. The van der Waals surface area contributed by atoms with E-state index in [1.165, 1.54) is 30.2 Å². The van der Waals surface area contributed by atoms with Crippen molar-refractivity contribution in [1.29, 1.82) is 0 Å². The van der Waals surface area contributed by atoms with Gasteiger partial charge in [-0.05, 0) is 42.4 Å². The highest BCUT2D eigenvalue weighted by atomic mass is 32.2. The number of nitrogens with zero attached hydrogens (tertiary/aromatic N) is 3. The first-order valence-electron chi connectivity index (χ1n) is 7.14. The first-order chi connectivity index (χ1) is 9.25. The molecule has 0 unspecified atom stereocenters. The van der Waals surface area contributed by atoms with Gasteiger partial charge in [0, 0.05) is 18.7 Å². The molecule has 0 saturated carbocycles. The molecule has 1 saturated heterocycles. The van der Waals surface area contributed by atoms with Crippen LogP contribution in [0.15, 0.2) is 18.3 Å². The molecule has 1 aliphatic heterocycles. The van der Waals surface area contributed by atoms with Crippen LogP contribution in [0.25, 0.3) is 11.2 Å². The van der Waals surface area contributed by atoms with Crippen LogP contribution < -0.4 is 0 Å². The van der Waals surface area contributed by atoms with Gasteiger partial charge >= 0.3 is 0 Å². The van der Waals surface area contributed by atoms with Crippen molar-refractivity contribution in [3.63, 3.8) is 0 Å². The molecule has 102 valence electrons. The average molecular weight is 275 g/mol. The van der Waals surface area contributed by atoms with Crippen molar-refractivity contribution in [2.24, 2.45) is 5.92 Å². The zero-order chi connectivity index (χ0) is 13.2. The number of rotatable bonds is 3. The van der Waals surface area contributed by atoms with Crippen molar-refractivity contribution in [3.05, 3.63) is 24.2 Å². The first-order valence-corrected chi connectivity index (χ1v) is 8.30. The molecule has 0 atom stereocenters. The van der Waals surface area contributed by atoms with Crippen LogP contribution in [0.5, 0.6) is 0 Å². The van der Waals surface area contributed by atoms with E-state index in [-0.39, 0.29) is 0 Å². The van der Waals surface area contributed by atoms with E-state index in [1.54, 1.807) is 0 Å². The maximum Gasteiger partial charge on any atom is 0.159 e. The molecule has 3 heterocycles. The maximum absolute atomic E-state index is 4.77. The molecule has 0 N–H and O–H groups in total. The summed E-state index contributed by atoms with van der Waals surface area (Å²) < 4.78 is 2.36. The minimum atomic E-state index is 0.451. The van der Waals surface area contributed by atoms with Crippen molar-refractivity contribution < 1.29 is 0 Å². The van der Waals surface area contributed by atoms with Gasteiger partial charge in [-0.2, -0.15) is 11.8 Å². The van der Waals surface area contributed by atoms with Gasteiger partial charge in [0.1, 0.15) is 11.3 Å². The summed E-state index contributed by atoms with van der Waals surface area (Å²) in [5.41, 5.74) is 2.10. The number of fused-ring (bicyclic) bond motifs is 1. The highest BCUT2D eigenvalue weighted by molar-refractivity contribution is 7.99. The summed E-state index contributed by atoms with van der Waals surface area (Å²) in [6.07, 6.45) is 4.53. The van der Waals surface area contributed by atoms with Gasteiger partial charge < -0.3 is 4.57 Å². The summed E-state index contributed by atoms with van der Waals surface area (Å²) in [5.74, 6) is 5.04. The molecule has 3 nitrogen and oxygen atoms in total. The lowest BCUT2D eigenvalue weighted by atomic mass is 10.0. The molecule has 0 aliphatic carbocycles. The zero-order valence-electron chi connectivity index (χ0n) is 11.7. The van der Waals surface area contributed by atoms with Crippen LogP contribution in [0.2, 0.25) is 0 Å². The van der Waals surface area contributed by atoms with Gasteiger partial charge in [0.2, 0.25) is 0 Å². The molecule has 0 radical (unpaired) electrons. The van der Waals surface area contributed by atoms with Gasteiger partial charge in [0.05, 0.1) is 0 Å². The predicted octanol–water partition coefficient (Wildman–Crippen LogP) is 3.70. The van der Waals surface area contributed by atoms with Gasteiger partial charge in [-0.1, -0.05) is 13.8 Å². The van der Waals surface area contributed by atoms with E-state index in [4.69, 9.17) is 4.98 Å². The lowest BCUT2D eigenvalue weighted by Crippen LogP contribution is -2.18. The van der Waals surface area contributed by atoms with Gasteiger partial charge in [0.25, 0.3) is 0 Å². The highest BCUT2D eigenvalue weighted by Gasteiger charge is 2.19. The Bertz CT molecular complexity index is 556. The monoisotopic (exact) mass is 275 g/mol. The van der Waals surface area contributed by atoms with Crippen molar-refractivity contribution in [2.45, 2.75) is 39.2 Å². The first kappa shape index (κ1) is 13.0. The minimum absolute atomic E-state index is 0.451. The standard InChI is InChI=1S/C15H21N3S/c1-11(2)14-17-13-4-3-7-16-15(13)18(14)10-12-5-8-19-9-6-12/h3-4,7,11-12H,5-6,8-10H2,1-2H3. The summed E-state index contributed by atoms with van der Waals surface area (Å²) >= 11 is 2.08. The van der Waals surface area contributed by atoms with E-state index in [1.807, 2.05) is 12.3 Å². The van der Waals surface area contributed by atoms with Gasteiger partial charge in [0.15, 0.2) is 5.65 Å². The quantitative estimate of drug-likeness (QED) is 0.855. The van der Waals surface area contributed by atoms with Gasteiger partial charge in [-0.3, -0.25) is 0 Å². The Hall–Kier alpha value is -1.03. The summed E-state index contributed by atoms with van der Waals surface area (Å²) in [6.45, 7) is 5.52. The van der Waals surface area contributed by atoms with Crippen molar-refractivity contribution in [2.75, 3.05) is 11.5 Å². The van der Waals surface area contributed by atoms with Crippen LogP contribution in [0.3, 0.4) is 0 Å². The van der Waals surface area contributed by atoms with E-state index in [2.05, 4.69) is 41.2 Å². The third-order valence-corrected chi connectivity index (χ3v) is 4.88. The molecule has 0 aromatic carbocycles. The lowest BCUT2D eigenvalue weighted by Gasteiger charge is -2.23. The third-order valence-electron chi connectivity index (χ3n) is 3.83. The Labute approximate surface area is 118 Å². The summed E-state index contributed by atoms with van der Waals surface area (Å²) in [4.78, 5) is 9.32. The summed E-state index contributed by atoms with van der Waals surface area (Å²) in [5, 5.41) is 0. The Morgan fingerprint density at radius 3 is 2.89 bits per heavy atom. The van der Waals surface area contributed by atoms with Crippen molar-refractivity contribution in [1.82, 2.24) is 14.5 Å².